The number of nitrogens with zero attached hydrogens (tertiary/aromatic N) is 3. The summed E-state index contributed by atoms with van der Waals surface area (Å²) in [6, 6.07) is 2.81. The molecule has 0 atom stereocenters. The smallest absolute Gasteiger partial charge is 0.296 e. The molecule has 0 amide bonds. The first kappa shape index (κ1) is 13.6. The quantitative estimate of drug-likeness (QED) is 0.605. The summed E-state index contributed by atoms with van der Waals surface area (Å²) in [5.74, 6) is 1.26. The van der Waals surface area contributed by atoms with Crippen molar-refractivity contribution in [1.82, 2.24) is 15.2 Å². The Kier molecular flexibility index (Phi) is 3.99. The summed E-state index contributed by atoms with van der Waals surface area (Å²) in [4.78, 5) is 14.5. The molecule has 0 aliphatic heterocycles. The van der Waals surface area contributed by atoms with Crippen LogP contribution < -0.4 is 14.8 Å². The van der Waals surface area contributed by atoms with Crippen molar-refractivity contribution < 1.29 is 14.4 Å². The van der Waals surface area contributed by atoms with Crippen molar-refractivity contribution in [2.75, 3.05) is 19.5 Å². The van der Waals surface area contributed by atoms with Crippen LogP contribution in [0.3, 0.4) is 0 Å². The van der Waals surface area contributed by atoms with Crippen LogP contribution in [0.25, 0.3) is 0 Å². The highest BCUT2D eigenvalue weighted by Crippen LogP contribution is 2.37. The van der Waals surface area contributed by atoms with E-state index in [9.17, 15) is 10.1 Å². The number of ether oxygens (including phenoxy) is 2. The molecule has 9 nitrogen and oxygen atoms in total. The molecule has 20 heavy (non-hydrogen) atoms. The molecule has 0 fully saturated rings. The first-order valence-corrected chi connectivity index (χ1v) is 5.64. The molecule has 0 aliphatic rings. The molecule has 0 radical (unpaired) electrons. The Morgan fingerprint density at radius 3 is 2.60 bits per heavy atom. The van der Waals surface area contributed by atoms with E-state index in [1.807, 2.05) is 0 Å². The molecule has 0 aliphatic carbocycles. The largest absolute Gasteiger partial charge is 0.493 e. The molecular weight excluding hydrogens is 266 g/mol. The zero-order chi connectivity index (χ0) is 14.5. The number of nitro benzene ring substituents is 1. The normalized spacial score (nSPS) is 10.1. The number of nitrogens with one attached hydrogen (secondary N) is 2. The minimum atomic E-state index is -0.495. The number of rotatable bonds is 6. The minimum absolute atomic E-state index is 0.109. The highest BCUT2D eigenvalue weighted by Gasteiger charge is 2.19. The molecule has 1 aromatic carbocycles. The predicted octanol–water partition coefficient (Wildman–Crippen LogP) is 1.34. The molecule has 2 rings (SSSR count). The first-order valence-electron chi connectivity index (χ1n) is 5.64. The second-order valence-corrected chi connectivity index (χ2v) is 3.77. The summed E-state index contributed by atoms with van der Waals surface area (Å²) < 4.78 is 10.2. The van der Waals surface area contributed by atoms with Gasteiger partial charge < -0.3 is 14.8 Å². The summed E-state index contributed by atoms with van der Waals surface area (Å²) in [6.45, 7) is 0.274. The Balaban J connectivity index is 2.31. The third-order valence-electron chi connectivity index (χ3n) is 2.61. The number of anilines is 1. The number of hydrogen-bond acceptors (Lipinski definition) is 7. The summed E-state index contributed by atoms with van der Waals surface area (Å²) in [5, 5.41) is 20.4. The van der Waals surface area contributed by atoms with Crippen molar-refractivity contribution in [3.05, 3.63) is 34.4 Å². The Labute approximate surface area is 114 Å². The number of nitro groups is 1. The van der Waals surface area contributed by atoms with Gasteiger partial charge in [-0.2, -0.15) is 5.10 Å². The van der Waals surface area contributed by atoms with Crippen LogP contribution in [0.15, 0.2) is 18.5 Å². The van der Waals surface area contributed by atoms with E-state index in [1.54, 1.807) is 0 Å². The van der Waals surface area contributed by atoms with Gasteiger partial charge in [0.25, 0.3) is 5.69 Å². The Morgan fingerprint density at radius 1 is 1.35 bits per heavy atom. The molecule has 0 saturated carbocycles. The number of hydrogen-bond donors (Lipinski definition) is 2. The topological polar surface area (TPSA) is 115 Å². The summed E-state index contributed by atoms with van der Waals surface area (Å²) in [7, 11) is 2.88. The van der Waals surface area contributed by atoms with Gasteiger partial charge in [0.2, 0.25) is 0 Å². The molecular formula is C11H13N5O4. The first-order chi connectivity index (χ1) is 9.65. The molecule has 1 heterocycles. The van der Waals surface area contributed by atoms with Crippen molar-refractivity contribution >= 4 is 11.4 Å². The fourth-order valence-electron chi connectivity index (χ4n) is 1.66. The lowest BCUT2D eigenvalue weighted by molar-refractivity contribution is -0.384. The monoisotopic (exact) mass is 279 g/mol. The third kappa shape index (κ3) is 2.76. The molecule has 0 spiro atoms. The average Bonchev–Trinajstić information content (AvgIpc) is 2.97. The number of benzene rings is 1. The predicted molar refractivity (Wildman–Crippen MR) is 69.9 cm³/mol. The van der Waals surface area contributed by atoms with Crippen molar-refractivity contribution in [2.24, 2.45) is 0 Å². The van der Waals surface area contributed by atoms with Crippen LogP contribution in [0.1, 0.15) is 5.82 Å². The van der Waals surface area contributed by atoms with Crippen molar-refractivity contribution in [1.29, 1.82) is 0 Å². The van der Waals surface area contributed by atoms with E-state index in [2.05, 4.69) is 20.5 Å². The molecule has 9 heteroatoms. The lowest BCUT2D eigenvalue weighted by atomic mass is 10.2. The van der Waals surface area contributed by atoms with Gasteiger partial charge in [-0.15, -0.1) is 0 Å². The maximum absolute atomic E-state index is 11.1. The van der Waals surface area contributed by atoms with Gasteiger partial charge in [0, 0.05) is 6.07 Å². The van der Waals surface area contributed by atoms with Crippen molar-refractivity contribution in [3.8, 4) is 11.5 Å². The molecule has 2 N–H and O–H groups in total. The van der Waals surface area contributed by atoms with E-state index < -0.39 is 4.92 Å². The van der Waals surface area contributed by atoms with Gasteiger partial charge in [0.05, 0.1) is 31.8 Å². The van der Waals surface area contributed by atoms with Crippen LogP contribution in [0.5, 0.6) is 11.5 Å². The van der Waals surface area contributed by atoms with Crippen LogP contribution in [-0.4, -0.2) is 34.3 Å². The van der Waals surface area contributed by atoms with Crippen LogP contribution in [0, 0.1) is 10.1 Å². The maximum atomic E-state index is 11.1. The number of methoxy groups -OCH3 is 2. The third-order valence-corrected chi connectivity index (χ3v) is 2.61. The fourth-order valence-corrected chi connectivity index (χ4v) is 1.66. The summed E-state index contributed by atoms with van der Waals surface area (Å²) in [6.07, 6.45) is 1.36. The van der Waals surface area contributed by atoms with E-state index in [1.165, 1.54) is 32.7 Å². The molecule has 1 aromatic heterocycles. The maximum Gasteiger partial charge on any atom is 0.296 e. The van der Waals surface area contributed by atoms with Gasteiger partial charge in [-0.05, 0) is 0 Å². The van der Waals surface area contributed by atoms with Gasteiger partial charge in [-0.3, -0.25) is 15.2 Å². The van der Waals surface area contributed by atoms with Crippen LogP contribution in [0.2, 0.25) is 0 Å². The van der Waals surface area contributed by atoms with Crippen LogP contribution in [0.4, 0.5) is 11.4 Å². The van der Waals surface area contributed by atoms with Crippen molar-refractivity contribution in [3.63, 3.8) is 0 Å². The van der Waals surface area contributed by atoms with E-state index >= 15 is 0 Å². The number of H-pyrrole nitrogens is 1. The molecule has 2 aromatic rings. The second-order valence-electron chi connectivity index (χ2n) is 3.77. The van der Waals surface area contributed by atoms with Crippen LogP contribution >= 0.6 is 0 Å². The minimum Gasteiger partial charge on any atom is -0.493 e. The number of aromatic amines is 1. The van der Waals surface area contributed by atoms with Gasteiger partial charge >= 0.3 is 0 Å². The SMILES string of the molecule is COc1cc(NCc2ncn[nH]2)c([N+](=O)[O-])cc1OC. The second kappa shape index (κ2) is 5.87. The Bertz CT molecular complexity index is 599. The van der Waals surface area contributed by atoms with Gasteiger partial charge in [0.15, 0.2) is 11.5 Å². The van der Waals surface area contributed by atoms with E-state index in [0.717, 1.165) is 0 Å². The highest BCUT2D eigenvalue weighted by atomic mass is 16.6. The van der Waals surface area contributed by atoms with E-state index in [0.29, 0.717) is 23.0 Å². The molecule has 106 valence electrons. The van der Waals surface area contributed by atoms with Gasteiger partial charge in [0.1, 0.15) is 17.8 Å². The average molecular weight is 279 g/mol. The van der Waals surface area contributed by atoms with E-state index in [-0.39, 0.29) is 12.2 Å². The summed E-state index contributed by atoms with van der Waals surface area (Å²) in [5.41, 5.74) is 0.200. The zero-order valence-corrected chi connectivity index (χ0v) is 10.9. The summed E-state index contributed by atoms with van der Waals surface area (Å²) >= 11 is 0. The number of aromatic nitrogens is 3. The van der Waals surface area contributed by atoms with Gasteiger partial charge in [-0.1, -0.05) is 0 Å². The Morgan fingerprint density at radius 2 is 2.05 bits per heavy atom. The zero-order valence-electron chi connectivity index (χ0n) is 10.9. The van der Waals surface area contributed by atoms with Crippen molar-refractivity contribution in [2.45, 2.75) is 6.54 Å². The molecule has 0 bridgehead atoms. The Hall–Kier alpha value is -2.84. The van der Waals surface area contributed by atoms with Gasteiger partial charge in [-0.25, -0.2) is 4.98 Å². The lowest BCUT2D eigenvalue weighted by Crippen LogP contribution is -2.05. The molecule has 0 unspecified atom stereocenters. The van der Waals surface area contributed by atoms with Crippen LogP contribution in [-0.2, 0) is 6.54 Å². The molecule has 0 saturated heterocycles. The lowest BCUT2D eigenvalue weighted by Gasteiger charge is -2.11. The standard InChI is InChI=1S/C11H13N5O4/c1-19-9-3-7(12-5-11-13-6-14-15-11)8(16(17)18)4-10(9)20-2/h3-4,6,12H,5H2,1-2H3,(H,13,14,15). The van der Waals surface area contributed by atoms with E-state index in [4.69, 9.17) is 9.47 Å². The highest BCUT2D eigenvalue weighted by molar-refractivity contribution is 5.68. The fraction of sp³-hybridized carbons (Fsp3) is 0.273.